The van der Waals surface area contributed by atoms with E-state index in [1.54, 1.807) is 36.4 Å². The first-order valence-corrected chi connectivity index (χ1v) is 13.6. The number of carbonyl (C=O) groups excluding carboxylic acids is 2. The van der Waals surface area contributed by atoms with Gasteiger partial charge >= 0.3 is 0 Å². The van der Waals surface area contributed by atoms with Gasteiger partial charge in [0.05, 0.1) is 18.7 Å². The van der Waals surface area contributed by atoms with Gasteiger partial charge < -0.3 is 29.0 Å². The zero-order chi connectivity index (χ0) is 29.1. The van der Waals surface area contributed by atoms with Crippen molar-refractivity contribution in [3.63, 3.8) is 0 Å². The number of carbonyl (C=O) groups is 2. The Hall–Kier alpha value is -5.24. The molecule has 0 aliphatic carbocycles. The van der Waals surface area contributed by atoms with Crippen molar-refractivity contribution >= 4 is 17.4 Å². The molecule has 1 amide bonds. The quantitative estimate of drug-likeness (QED) is 0.168. The number of Topliss-reactive ketones (excluding diaryl/α,β-unsaturated/α-hetero) is 1. The van der Waals surface area contributed by atoms with Crippen molar-refractivity contribution < 1.29 is 33.6 Å². The van der Waals surface area contributed by atoms with Crippen LogP contribution in [0.15, 0.2) is 103 Å². The number of hydrogen-bond acceptors (Lipinski definition) is 7. The Bertz CT molecular complexity index is 1650. The zero-order valence-corrected chi connectivity index (χ0v) is 23.0. The van der Waals surface area contributed by atoms with E-state index in [4.69, 9.17) is 18.9 Å². The Balaban J connectivity index is 1.42. The van der Waals surface area contributed by atoms with E-state index in [0.717, 1.165) is 11.1 Å². The van der Waals surface area contributed by atoms with Crippen LogP contribution in [0.3, 0.4) is 0 Å². The molecule has 4 aromatic carbocycles. The van der Waals surface area contributed by atoms with E-state index in [1.807, 2.05) is 60.7 Å². The van der Waals surface area contributed by atoms with E-state index < -0.39 is 17.7 Å². The first-order chi connectivity index (χ1) is 20.5. The number of rotatable bonds is 8. The molecule has 0 aromatic heterocycles. The first-order valence-electron chi connectivity index (χ1n) is 13.6. The smallest absolute Gasteiger partial charge is 0.295 e. The number of hydrogen-bond donors (Lipinski definition) is 1. The third-order valence-electron chi connectivity index (χ3n) is 7.29. The van der Waals surface area contributed by atoms with Crippen molar-refractivity contribution in [2.24, 2.45) is 0 Å². The minimum atomic E-state index is -0.879. The Kier molecular flexibility index (Phi) is 7.51. The lowest BCUT2D eigenvalue weighted by Gasteiger charge is -2.26. The lowest BCUT2D eigenvalue weighted by atomic mass is 9.94. The average Bonchev–Trinajstić information content (AvgIpc) is 3.29. The number of amides is 1. The highest BCUT2D eigenvalue weighted by molar-refractivity contribution is 6.46. The van der Waals surface area contributed by atoms with Crippen LogP contribution in [-0.2, 0) is 22.7 Å². The van der Waals surface area contributed by atoms with Crippen LogP contribution < -0.4 is 18.9 Å². The van der Waals surface area contributed by atoms with E-state index in [2.05, 4.69) is 0 Å². The second-order valence-corrected chi connectivity index (χ2v) is 9.96. The van der Waals surface area contributed by atoms with Gasteiger partial charge in [0.15, 0.2) is 23.0 Å². The van der Waals surface area contributed by atoms with Crippen LogP contribution in [0.1, 0.15) is 28.3 Å². The highest BCUT2D eigenvalue weighted by Gasteiger charge is 2.46. The van der Waals surface area contributed by atoms with Gasteiger partial charge in [0.25, 0.3) is 11.7 Å². The molecule has 1 saturated heterocycles. The van der Waals surface area contributed by atoms with Crippen LogP contribution in [0.5, 0.6) is 23.0 Å². The van der Waals surface area contributed by atoms with E-state index in [1.165, 1.54) is 12.0 Å². The molecule has 1 unspecified atom stereocenters. The minimum absolute atomic E-state index is 0.0207. The molecule has 42 heavy (non-hydrogen) atoms. The molecular formula is C34H29NO7. The minimum Gasteiger partial charge on any atom is -0.507 e. The molecule has 212 valence electrons. The third-order valence-corrected chi connectivity index (χ3v) is 7.29. The maximum Gasteiger partial charge on any atom is 0.295 e. The summed E-state index contributed by atoms with van der Waals surface area (Å²) < 4.78 is 23.0. The highest BCUT2D eigenvalue weighted by atomic mass is 16.6. The molecule has 1 N–H and O–H groups in total. The number of aliphatic hydroxyl groups excluding tert-OH is 1. The van der Waals surface area contributed by atoms with E-state index in [9.17, 15) is 14.7 Å². The molecule has 1 atom stereocenters. The van der Waals surface area contributed by atoms with Crippen LogP contribution in [0.2, 0.25) is 0 Å². The fourth-order valence-corrected chi connectivity index (χ4v) is 5.22. The lowest BCUT2D eigenvalue weighted by Crippen LogP contribution is -2.29. The van der Waals surface area contributed by atoms with Crippen molar-refractivity contribution in [2.45, 2.75) is 19.2 Å². The monoisotopic (exact) mass is 563 g/mol. The van der Waals surface area contributed by atoms with Gasteiger partial charge in [0.1, 0.15) is 25.6 Å². The molecule has 8 heteroatoms. The molecular weight excluding hydrogens is 534 g/mol. The number of methoxy groups -OCH3 is 1. The third kappa shape index (κ3) is 5.26. The molecule has 6 rings (SSSR count). The summed E-state index contributed by atoms with van der Waals surface area (Å²) >= 11 is 0. The SMILES string of the molecule is COc1cc(C2C(=C(O)c3ccc4c(c3)OCCO4)C(=O)C(=O)N2Cc2ccccc2)ccc1OCc1ccccc1. The average molecular weight is 564 g/mol. The van der Waals surface area contributed by atoms with Crippen molar-refractivity contribution in [3.05, 3.63) is 125 Å². The summed E-state index contributed by atoms with van der Waals surface area (Å²) in [5.74, 6) is 0.189. The maximum atomic E-state index is 13.6. The van der Waals surface area contributed by atoms with Crippen LogP contribution in [0.4, 0.5) is 0 Å². The Labute approximate surface area is 243 Å². The normalized spacial score (nSPS) is 17.3. The molecule has 0 bridgehead atoms. The van der Waals surface area contributed by atoms with E-state index in [-0.39, 0.29) is 17.9 Å². The molecule has 2 aliphatic rings. The van der Waals surface area contributed by atoms with Crippen LogP contribution in [0, 0.1) is 0 Å². The second-order valence-electron chi connectivity index (χ2n) is 9.96. The maximum absolute atomic E-state index is 13.6. The van der Waals surface area contributed by atoms with Gasteiger partial charge in [-0.05, 0) is 47.0 Å². The molecule has 1 fully saturated rings. The predicted octanol–water partition coefficient (Wildman–Crippen LogP) is 5.67. The fraction of sp³-hybridized carbons (Fsp3) is 0.176. The molecule has 2 heterocycles. The van der Waals surface area contributed by atoms with Crippen LogP contribution in [0.25, 0.3) is 5.76 Å². The van der Waals surface area contributed by atoms with Gasteiger partial charge in [-0.25, -0.2) is 0 Å². The summed E-state index contributed by atoms with van der Waals surface area (Å²) in [7, 11) is 1.53. The highest BCUT2D eigenvalue weighted by Crippen LogP contribution is 2.43. The van der Waals surface area contributed by atoms with Crippen molar-refractivity contribution in [2.75, 3.05) is 20.3 Å². The van der Waals surface area contributed by atoms with Gasteiger partial charge in [-0.1, -0.05) is 66.7 Å². The van der Waals surface area contributed by atoms with Crippen molar-refractivity contribution in [3.8, 4) is 23.0 Å². The second kappa shape index (κ2) is 11.7. The summed E-state index contributed by atoms with van der Waals surface area (Å²) in [4.78, 5) is 28.5. The molecule has 0 radical (unpaired) electrons. The number of nitrogens with zero attached hydrogens (tertiary/aromatic N) is 1. The topological polar surface area (TPSA) is 94.5 Å². The number of ketones is 1. The molecule has 0 saturated carbocycles. The van der Waals surface area contributed by atoms with Crippen LogP contribution in [-0.4, -0.2) is 42.0 Å². The Morgan fingerprint density at radius 1 is 0.833 bits per heavy atom. The lowest BCUT2D eigenvalue weighted by molar-refractivity contribution is -0.140. The fourth-order valence-electron chi connectivity index (χ4n) is 5.22. The van der Waals surface area contributed by atoms with Gasteiger partial charge in [-0.2, -0.15) is 0 Å². The first kappa shape index (κ1) is 27.0. The number of aliphatic hydroxyl groups is 1. The molecule has 4 aromatic rings. The number of likely N-dealkylation sites (tertiary alicyclic amines) is 1. The van der Waals surface area contributed by atoms with Crippen molar-refractivity contribution in [1.29, 1.82) is 0 Å². The summed E-state index contributed by atoms with van der Waals surface area (Å²) in [5, 5.41) is 11.5. The largest absolute Gasteiger partial charge is 0.507 e. The van der Waals surface area contributed by atoms with Gasteiger partial charge in [-0.15, -0.1) is 0 Å². The predicted molar refractivity (Wildman–Crippen MR) is 155 cm³/mol. The molecule has 8 nitrogen and oxygen atoms in total. The number of ether oxygens (including phenoxy) is 4. The summed E-state index contributed by atoms with van der Waals surface area (Å²) in [5.41, 5.74) is 2.76. The van der Waals surface area contributed by atoms with Crippen LogP contribution >= 0.6 is 0 Å². The molecule has 2 aliphatic heterocycles. The molecule has 0 spiro atoms. The Morgan fingerprint density at radius 2 is 1.52 bits per heavy atom. The summed E-state index contributed by atoms with van der Waals surface area (Å²) in [6.45, 7) is 1.31. The van der Waals surface area contributed by atoms with E-state index >= 15 is 0 Å². The summed E-state index contributed by atoms with van der Waals surface area (Å²) in [6, 6.07) is 28.5. The number of benzene rings is 4. The van der Waals surface area contributed by atoms with Gasteiger partial charge in [0.2, 0.25) is 0 Å². The van der Waals surface area contributed by atoms with E-state index in [0.29, 0.717) is 53.9 Å². The van der Waals surface area contributed by atoms with Gasteiger partial charge in [0, 0.05) is 12.1 Å². The standard InChI is InChI=1S/C34H29NO7/c1-39-28-18-24(12-14-26(28)42-21-23-10-6-3-7-11-23)31-30(32(36)25-13-15-27-29(19-25)41-17-16-40-27)33(37)34(38)35(31)20-22-8-4-2-5-9-22/h2-15,18-19,31,36H,16-17,20-21H2,1H3. The zero-order valence-electron chi connectivity index (χ0n) is 23.0. The summed E-state index contributed by atoms with van der Waals surface area (Å²) in [6.07, 6.45) is 0. The Morgan fingerprint density at radius 3 is 2.24 bits per heavy atom. The number of fused-ring (bicyclic) bond motifs is 1. The van der Waals surface area contributed by atoms with Crippen molar-refractivity contribution in [1.82, 2.24) is 4.90 Å². The van der Waals surface area contributed by atoms with Gasteiger partial charge in [-0.3, -0.25) is 9.59 Å².